The van der Waals surface area contributed by atoms with Crippen molar-refractivity contribution in [1.29, 1.82) is 0 Å². The average Bonchev–Trinajstić information content (AvgIpc) is 2.54. The van der Waals surface area contributed by atoms with Gasteiger partial charge in [-0.1, -0.05) is 20.8 Å². The van der Waals surface area contributed by atoms with Crippen molar-refractivity contribution >= 4 is 5.91 Å². The first-order valence-corrected chi connectivity index (χ1v) is 7.11. The molecule has 0 aromatic heterocycles. The van der Waals surface area contributed by atoms with Crippen LogP contribution in [0, 0.1) is 5.92 Å². The summed E-state index contributed by atoms with van der Waals surface area (Å²) < 4.78 is 5.38. The summed E-state index contributed by atoms with van der Waals surface area (Å²) in [5, 5.41) is 3.50. The quantitative estimate of drug-likeness (QED) is 0.708. The molecule has 1 N–H and O–H groups in total. The molecule has 1 aliphatic heterocycles. The highest BCUT2D eigenvalue weighted by molar-refractivity contribution is 5.88. The van der Waals surface area contributed by atoms with E-state index in [2.05, 4.69) is 26.1 Å². The van der Waals surface area contributed by atoms with Gasteiger partial charge in [0.2, 0.25) is 5.91 Å². The topological polar surface area (TPSA) is 41.6 Å². The van der Waals surface area contributed by atoms with Gasteiger partial charge in [-0.15, -0.1) is 0 Å². The van der Waals surface area contributed by atoms with Crippen LogP contribution in [-0.4, -0.2) is 42.3 Å². The van der Waals surface area contributed by atoms with Crippen LogP contribution in [0.5, 0.6) is 0 Å². The minimum absolute atomic E-state index is 0.155. The lowest BCUT2D eigenvalue weighted by Crippen LogP contribution is -2.44. The van der Waals surface area contributed by atoms with Gasteiger partial charge in [0.1, 0.15) is 0 Å². The minimum Gasteiger partial charge on any atom is -0.380 e. The summed E-state index contributed by atoms with van der Waals surface area (Å²) in [7, 11) is 0. The summed E-state index contributed by atoms with van der Waals surface area (Å²) >= 11 is 0. The van der Waals surface area contributed by atoms with Gasteiger partial charge >= 0.3 is 0 Å². The summed E-state index contributed by atoms with van der Waals surface area (Å²) in [6, 6.07) is 0. The Hall–Kier alpha value is -0.610. The van der Waals surface area contributed by atoms with E-state index in [9.17, 15) is 4.79 Å². The molecular formula is C14H28N2O2. The van der Waals surface area contributed by atoms with Crippen molar-refractivity contribution in [2.24, 2.45) is 5.92 Å². The molecule has 106 valence electrons. The highest BCUT2D eigenvalue weighted by Gasteiger charge is 2.46. The molecule has 2 atom stereocenters. The van der Waals surface area contributed by atoms with Gasteiger partial charge in [-0.05, 0) is 32.6 Å². The Labute approximate surface area is 111 Å². The molecule has 1 saturated heterocycles. The van der Waals surface area contributed by atoms with E-state index >= 15 is 0 Å². The normalized spacial score (nSPS) is 28.4. The van der Waals surface area contributed by atoms with Crippen LogP contribution in [-0.2, 0) is 9.53 Å². The molecule has 0 spiro atoms. The average molecular weight is 256 g/mol. The minimum atomic E-state index is -0.397. The van der Waals surface area contributed by atoms with Crippen LogP contribution in [0.4, 0.5) is 0 Å². The predicted octanol–water partition coefficient (Wildman–Crippen LogP) is 2.00. The van der Waals surface area contributed by atoms with Crippen LogP contribution >= 0.6 is 0 Å². The molecule has 1 rings (SSSR count). The Morgan fingerprint density at radius 1 is 1.44 bits per heavy atom. The SMILES string of the molecule is CCOCCN1C(=O)C(C)(CC)NC1CC(C)C. The summed E-state index contributed by atoms with van der Waals surface area (Å²) in [6.45, 7) is 12.4. The summed E-state index contributed by atoms with van der Waals surface area (Å²) in [4.78, 5) is 14.4. The number of hydrogen-bond acceptors (Lipinski definition) is 3. The number of nitrogens with one attached hydrogen (secondary N) is 1. The number of hydrogen-bond donors (Lipinski definition) is 1. The second-order valence-electron chi connectivity index (χ2n) is 5.67. The molecule has 0 bridgehead atoms. The lowest BCUT2D eigenvalue weighted by atomic mass is 9.99. The van der Waals surface area contributed by atoms with Crippen molar-refractivity contribution in [3.8, 4) is 0 Å². The van der Waals surface area contributed by atoms with Crippen LogP contribution in [0.3, 0.4) is 0 Å². The third kappa shape index (κ3) is 3.45. The maximum absolute atomic E-state index is 12.5. The zero-order chi connectivity index (χ0) is 13.8. The van der Waals surface area contributed by atoms with Gasteiger partial charge in [0.05, 0.1) is 18.3 Å². The first-order chi connectivity index (χ1) is 8.44. The molecule has 0 aromatic carbocycles. The van der Waals surface area contributed by atoms with Gasteiger partial charge in [0.25, 0.3) is 0 Å². The maximum Gasteiger partial charge on any atom is 0.243 e. The molecule has 1 aliphatic rings. The fraction of sp³-hybridized carbons (Fsp3) is 0.929. The van der Waals surface area contributed by atoms with Crippen molar-refractivity contribution in [3.05, 3.63) is 0 Å². The Morgan fingerprint density at radius 2 is 2.11 bits per heavy atom. The Kier molecular flexibility index (Phi) is 5.60. The van der Waals surface area contributed by atoms with E-state index in [0.717, 1.165) is 12.8 Å². The van der Waals surface area contributed by atoms with Crippen LogP contribution in [0.25, 0.3) is 0 Å². The number of ether oxygens (including phenoxy) is 1. The first-order valence-electron chi connectivity index (χ1n) is 7.11. The largest absolute Gasteiger partial charge is 0.380 e. The number of carbonyl (C=O) groups excluding carboxylic acids is 1. The van der Waals surface area contributed by atoms with E-state index in [1.807, 2.05) is 18.7 Å². The van der Waals surface area contributed by atoms with E-state index in [1.165, 1.54) is 0 Å². The molecule has 0 radical (unpaired) electrons. The summed E-state index contributed by atoms with van der Waals surface area (Å²) in [6.07, 6.45) is 1.97. The van der Waals surface area contributed by atoms with E-state index < -0.39 is 5.54 Å². The van der Waals surface area contributed by atoms with Gasteiger partial charge < -0.3 is 9.64 Å². The molecule has 4 nitrogen and oxygen atoms in total. The van der Waals surface area contributed by atoms with Gasteiger partial charge in [-0.3, -0.25) is 10.1 Å². The number of amides is 1. The number of nitrogens with zero attached hydrogens (tertiary/aromatic N) is 1. The third-order valence-electron chi connectivity index (χ3n) is 3.68. The molecule has 1 fully saturated rings. The van der Waals surface area contributed by atoms with Gasteiger partial charge in [-0.2, -0.15) is 0 Å². The fourth-order valence-corrected chi connectivity index (χ4v) is 2.42. The monoisotopic (exact) mass is 256 g/mol. The molecule has 4 heteroatoms. The Balaban J connectivity index is 2.70. The standard InChI is InChI=1S/C14H28N2O2/c1-6-14(5)13(17)16(8-9-18-7-2)12(15-14)10-11(3)4/h11-12,15H,6-10H2,1-5H3. The van der Waals surface area contributed by atoms with Crippen LogP contribution in [0.1, 0.15) is 47.5 Å². The molecule has 18 heavy (non-hydrogen) atoms. The van der Waals surface area contributed by atoms with Crippen molar-refractivity contribution < 1.29 is 9.53 Å². The highest BCUT2D eigenvalue weighted by atomic mass is 16.5. The Morgan fingerprint density at radius 3 is 2.61 bits per heavy atom. The zero-order valence-electron chi connectivity index (χ0n) is 12.5. The smallest absolute Gasteiger partial charge is 0.243 e. The Bertz CT molecular complexity index is 281. The van der Waals surface area contributed by atoms with E-state index in [4.69, 9.17) is 4.74 Å². The van der Waals surface area contributed by atoms with E-state index in [0.29, 0.717) is 25.7 Å². The van der Waals surface area contributed by atoms with Crippen molar-refractivity contribution in [2.75, 3.05) is 19.8 Å². The molecule has 2 unspecified atom stereocenters. The van der Waals surface area contributed by atoms with Crippen LogP contribution < -0.4 is 5.32 Å². The summed E-state index contributed by atoms with van der Waals surface area (Å²) in [5.74, 6) is 0.791. The second kappa shape index (κ2) is 6.53. The summed E-state index contributed by atoms with van der Waals surface area (Å²) in [5.41, 5.74) is -0.397. The molecule has 1 amide bonds. The third-order valence-corrected chi connectivity index (χ3v) is 3.68. The number of rotatable bonds is 7. The van der Waals surface area contributed by atoms with Crippen molar-refractivity contribution in [3.63, 3.8) is 0 Å². The predicted molar refractivity (Wildman–Crippen MR) is 73.3 cm³/mol. The first kappa shape index (κ1) is 15.4. The zero-order valence-corrected chi connectivity index (χ0v) is 12.5. The highest BCUT2D eigenvalue weighted by Crippen LogP contribution is 2.26. The van der Waals surface area contributed by atoms with Gasteiger partial charge in [-0.25, -0.2) is 0 Å². The molecule has 0 aliphatic carbocycles. The maximum atomic E-state index is 12.5. The van der Waals surface area contributed by atoms with Gasteiger partial charge in [0.15, 0.2) is 0 Å². The number of carbonyl (C=O) groups is 1. The van der Waals surface area contributed by atoms with E-state index in [-0.39, 0.29) is 12.1 Å². The van der Waals surface area contributed by atoms with Crippen LogP contribution in [0.15, 0.2) is 0 Å². The van der Waals surface area contributed by atoms with E-state index in [1.54, 1.807) is 0 Å². The molecule has 0 aromatic rings. The molecular weight excluding hydrogens is 228 g/mol. The lowest BCUT2D eigenvalue weighted by molar-refractivity contribution is -0.133. The van der Waals surface area contributed by atoms with Gasteiger partial charge in [0, 0.05) is 13.2 Å². The van der Waals surface area contributed by atoms with Crippen LogP contribution in [0.2, 0.25) is 0 Å². The van der Waals surface area contributed by atoms with Crippen molar-refractivity contribution in [2.45, 2.75) is 59.2 Å². The fourth-order valence-electron chi connectivity index (χ4n) is 2.42. The lowest BCUT2D eigenvalue weighted by Gasteiger charge is -2.25. The second-order valence-corrected chi connectivity index (χ2v) is 5.67. The molecule has 0 saturated carbocycles. The molecule has 1 heterocycles. The van der Waals surface area contributed by atoms with Crippen molar-refractivity contribution in [1.82, 2.24) is 10.2 Å².